The van der Waals surface area contributed by atoms with E-state index in [0.717, 1.165) is 34.6 Å². The molecule has 12 rings (SSSR count). The Labute approximate surface area is 827 Å². The molecule has 12 aliphatic heterocycles. The van der Waals surface area contributed by atoms with Crippen molar-refractivity contribution in [1.82, 2.24) is 26.6 Å². The summed E-state index contributed by atoms with van der Waals surface area (Å²) in [7, 11) is 0. The summed E-state index contributed by atoms with van der Waals surface area (Å²) in [6.07, 6.45) is -118. The minimum absolute atomic E-state index is 0.832. The van der Waals surface area contributed by atoms with Gasteiger partial charge in [0.1, 0.15) is 280 Å². The fourth-order valence-corrected chi connectivity index (χ4v) is 19.2. The fraction of sp³-hybridized carbons (Fsp3) is 0.939. The van der Waals surface area contributed by atoms with Crippen LogP contribution < -0.4 is 26.6 Å². The summed E-state index contributed by atoms with van der Waals surface area (Å²) in [6, 6.07) is -9.92. The second kappa shape index (κ2) is 52.2. The number of nitrogens with one attached hydrogen (secondary N) is 5. The molecule has 844 valence electrons. The molecule has 64 nitrogen and oxygen atoms in total. The highest BCUT2D eigenvalue weighted by Gasteiger charge is 2.64. The van der Waals surface area contributed by atoms with Gasteiger partial charge in [-0.25, -0.2) is 0 Å². The smallest absolute Gasteiger partial charge is 0.217 e. The van der Waals surface area contributed by atoms with Crippen molar-refractivity contribution in [1.29, 1.82) is 0 Å². The number of aliphatic hydroxyl groups is 31. The molecule has 36 N–H and O–H groups in total. The maximum atomic E-state index is 13.4. The summed E-state index contributed by atoms with van der Waals surface area (Å²) in [5, 5.41) is 365. The number of hydrogen-bond acceptors (Lipinski definition) is 59. The SMILES string of the molecule is CC(=O)N[C@@H]1[C@@H](O)[C@H](O[C@@H]2O[C@H](CO)[C@@H](O[C@@H]3O[C@H](CO[C@H]4O[C@H](CO)[C@@H](O)[C@H](O)[C@@H]4O[C@@H]4O[C@H](CO)[C@@H](O[C@@H]5O[C@H](CO)[C@H](O)[C@H](O)[C@H]5O[C@@H]5O[C@@H](C)[C@@H](O)[C@@H](O)[C@@H]5O)[C@H](O)[C@H]4NC(C)=O)[C@@H](O)[C@H](O[C@H]4O[C@H](CO)[C@@H](O[C@@H]5O[C@H](CO)[C@@H](O[C@@H]6O[C@H](CO)[C@H](O)[C@H](O)[C@H]6O[C@@H]6O[C@@H](C)[C@@H](O)[C@@H](O)[C@@H]6O)[C@H](O)[C@H]5NC(C)=O)[C@H](O)[C@@H]4O[C@@H]4O[C@H](CO)[C@@H](O)[C@H](O)[C@H]4NC(C)=O)[C@@H]3O)[C@H](O)[C@H]2NC(C)=O)[C@@H](CO)O[C@H]1O. The van der Waals surface area contributed by atoms with Crippen LogP contribution in [0.1, 0.15) is 48.5 Å². The summed E-state index contributed by atoms with van der Waals surface area (Å²) >= 11 is 0. The van der Waals surface area contributed by atoms with Crippen LogP contribution >= 0.6 is 0 Å². The van der Waals surface area contributed by atoms with Crippen molar-refractivity contribution < 1.29 is 291 Å². The molecular formula is C82H137N5O59. The van der Waals surface area contributed by atoms with Gasteiger partial charge in [-0.3, -0.25) is 24.0 Å². The van der Waals surface area contributed by atoms with Gasteiger partial charge in [-0.1, -0.05) is 0 Å². The second-order valence-electron chi connectivity index (χ2n) is 37.3. The predicted molar refractivity (Wildman–Crippen MR) is 450 cm³/mol. The lowest BCUT2D eigenvalue weighted by Gasteiger charge is -2.52. The molecule has 12 saturated heterocycles. The van der Waals surface area contributed by atoms with E-state index in [9.17, 15) is 182 Å². The van der Waals surface area contributed by atoms with Crippen molar-refractivity contribution in [3.63, 3.8) is 0 Å². The highest BCUT2D eigenvalue weighted by Crippen LogP contribution is 2.43. The van der Waals surface area contributed by atoms with Crippen molar-refractivity contribution >= 4 is 29.5 Å². The quantitative estimate of drug-likeness (QED) is 0.0275. The molecule has 64 heteroatoms. The van der Waals surface area contributed by atoms with Crippen LogP contribution in [0.15, 0.2) is 0 Å². The number of hydrogen-bond donors (Lipinski definition) is 36. The van der Waals surface area contributed by atoms with Crippen LogP contribution in [0.4, 0.5) is 0 Å². The first-order chi connectivity index (χ1) is 69.0. The Morgan fingerprint density at radius 2 is 0.418 bits per heavy atom. The third-order valence-corrected chi connectivity index (χ3v) is 27.0. The molecule has 12 heterocycles. The van der Waals surface area contributed by atoms with Crippen molar-refractivity contribution in [2.24, 2.45) is 0 Å². The third kappa shape index (κ3) is 26.3. The van der Waals surface area contributed by atoms with Crippen LogP contribution in [-0.2, 0) is 133 Å². The number of amides is 5. The van der Waals surface area contributed by atoms with Gasteiger partial charge in [-0.05, 0) is 13.8 Å². The molecule has 0 aromatic heterocycles. The van der Waals surface area contributed by atoms with Gasteiger partial charge in [-0.15, -0.1) is 0 Å². The molecule has 5 amide bonds. The van der Waals surface area contributed by atoms with Gasteiger partial charge in [0.05, 0.1) is 78.3 Å². The first-order valence-corrected chi connectivity index (χ1v) is 46.9. The average Bonchev–Trinajstić information content (AvgIpc) is 0.772. The maximum absolute atomic E-state index is 13.4. The fourth-order valence-electron chi connectivity index (χ4n) is 19.2. The molecule has 60 atom stereocenters. The molecule has 0 spiro atoms. The summed E-state index contributed by atoms with van der Waals surface area (Å²) in [5.74, 6) is -4.90. The Balaban J connectivity index is 0.895. The number of ether oxygens (including phenoxy) is 23. The monoisotopic (exact) mass is 2140 g/mol. The highest BCUT2D eigenvalue weighted by molar-refractivity contribution is 5.75. The molecule has 0 radical (unpaired) electrons. The van der Waals surface area contributed by atoms with Crippen molar-refractivity contribution in [2.75, 3.05) is 66.1 Å². The highest BCUT2D eigenvalue weighted by atomic mass is 16.8. The molecule has 0 aromatic rings. The minimum Gasteiger partial charge on any atom is -0.394 e. The van der Waals surface area contributed by atoms with E-state index in [0.29, 0.717) is 0 Å². The predicted octanol–water partition coefficient (Wildman–Crippen LogP) is -24.4. The lowest BCUT2D eigenvalue weighted by molar-refractivity contribution is -0.406. The Hall–Kier alpha value is -4.81. The zero-order valence-corrected chi connectivity index (χ0v) is 79.0. The van der Waals surface area contributed by atoms with Gasteiger partial charge in [0, 0.05) is 34.6 Å². The summed E-state index contributed by atoms with van der Waals surface area (Å²) in [4.78, 5) is 65.3. The Morgan fingerprint density at radius 1 is 0.192 bits per heavy atom. The number of rotatable bonds is 37. The average molecular weight is 2140 g/mol. The van der Waals surface area contributed by atoms with E-state index < -0.39 is 464 Å². The van der Waals surface area contributed by atoms with E-state index in [1.54, 1.807) is 0 Å². The van der Waals surface area contributed by atoms with Gasteiger partial charge in [0.2, 0.25) is 29.5 Å². The lowest BCUT2D eigenvalue weighted by Crippen LogP contribution is -2.71. The standard InChI is InChI=1S/C82H137N5O59/c1-18-40(102)52(114)57(119)76(125-18)145-68-55(117)44(106)27(10-90)130-80(68)140-63-31(14-94)133-74(38(50(63)112)86-23(6)100)138-65-33(16-96)135-82(70(59(65)121)144-72-36(84-21(4)98)47(109)42(104)25(8-88)128-72)142-66-46(108)34(136-78(60(66)122)139-62-30(13-93)132-73(37(49(62)111)85-22(5)99)137-61-29(12-92)127-71(123)35(48(61)110)83-20(3)97)17-124-79-67(54(116)43(105)26(9-89)129-79)143-75-39(87-24(7)101)51(113)64(32(15-95)134-75)141-81-69(56(118)45(107)28(11-91)131-81)146-77-58(120)53(115)41(103)19(2)126-77/h18-19,25-82,88-96,102-123H,8-17H2,1-7H3,(H,83,97)(H,84,98)(H,85,99)(H,86,100)(H,87,101)/t18-,19-,25+,26+,27+,28+,29+,30+,31+,32+,33+,34+,35+,36+,37+,38+,39+,40+,41+,42+,43+,44-,45-,46+,47+,48+,49+,50+,51+,52+,53+,54-,55-,56-,57-,58-,59-,60-,61+,62+,63+,64+,65+,66-,67-,68+,69+,70-,71+,72-,73-,74-,75-,76-,77-,78-,79-,80-,81-,82+/m0/s1. The molecule has 12 aliphatic rings. The first-order valence-electron chi connectivity index (χ1n) is 46.9. The zero-order chi connectivity index (χ0) is 107. The second-order valence-corrected chi connectivity index (χ2v) is 37.3. The van der Waals surface area contributed by atoms with Crippen LogP contribution in [0, 0.1) is 0 Å². The van der Waals surface area contributed by atoms with Crippen molar-refractivity contribution in [2.45, 2.75) is 417 Å². The van der Waals surface area contributed by atoms with E-state index in [2.05, 4.69) is 26.6 Å². The normalized spacial score (nSPS) is 49.8. The molecule has 12 fully saturated rings. The summed E-state index contributed by atoms with van der Waals surface area (Å²) in [6.45, 7) is -5.03. The van der Waals surface area contributed by atoms with Crippen molar-refractivity contribution in [3.05, 3.63) is 0 Å². The Bertz CT molecular complexity index is 4090. The molecule has 0 saturated carbocycles. The van der Waals surface area contributed by atoms with Gasteiger partial charge in [0.25, 0.3) is 0 Å². The number of carbonyl (C=O) groups is 5. The van der Waals surface area contributed by atoms with Gasteiger partial charge in [0.15, 0.2) is 75.5 Å². The van der Waals surface area contributed by atoms with Gasteiger partial charge >= 0.3 is 0 Å². The molecule has 0 bridgehead atoms. The molecular weight excluding hydrogens is 2000 g/mol. The van der Waals surface area contributed by atoms with E-state index in [1.165, 1.54) is 13.8 Å². The van der Waals surface area contributed by atoms with Crippen molar-refractivity contribution in [3.8, 4) is 0 Å². The van der Waals surface area contributed by atoms with Gasteiger partial charge < -0.3 is 294 Å². The lowest BCUT2D eigenvalue weighted by atomic mass is 9.93. The van der Waals surface area contributed by atoms with E-state index >= 15 is 0 Å². The van der Waals surface area contributed by atoms with Gasteiger partial charge in [-0.2, -0.15) is 0 Å². The Kier molecular flexibility index (Phi) is 42.8. The largest absolute Gasteiger partial charge is 0.394 e. The summed E-state index contributed by atoms with van der Waals surface area (Å²) < 4.78 is 139. The molecule has 146 heavy (non-hydrogen) atoms. The maximum Gasteiger partial charge on any atom is 0.217 e. The number of aliphatic hydroxyl groups excluding tert-OH is 31. The van der Waals surface area contributed by atoms with Crippen LogP contribution in [0.2, 0.25) is 0 Å². The molecule has 0 aliphatic carbocycles. The topological polar surface area (TPSA) is 985 Å². The van der Waals surface area contributed by atoms with E-state index in [4.69, 9.17) is 109 Å². The zero-order valence-electron chi connectivity index (χ0n) is 79.0. The van der Waals surface area contributed by atoms with Crippen LogP contribution in [0.3, 0.4) is 0 Å². The first kappa shape index (κ1) is 120. The van der Waals surface area contributed by atoms with Crippen LogP contribution in [0.5, 0.6) is 0 Å². The number of carbonyl (C=O) groups excluding carboxylic acids is 5. The van der Waals surface area contributed by atoms with Crippen LogP contribution in [-0.4, -0.2) is 622 Å². The van der Waals surface area contributed by atoms with E-state index in [-0.39, 0.29) is 0 Å². The molecule has 0 unspecified atom stereocenters. The van der Waals surface area contributed by atoms with Crippen LogP contribution in [0.25, 0.3) is 0 Å². The minimum atomic E-state index is -2.74. The Morgan fingerprint density at radius 3 is 0.760 bits per heavy atom. The molecule has 0 aromatic carbocycles. The summed E-state index contributed by atoms with van der Waals surface area (Å²) in [5.41, 5.74) is 0. The third-order valence-electron chi connectivity index (χ3n) is 27.0. The van der Waals surface area contributed by atoms with E-state index in [1.807, 2.05) is 0 Å².